The number of rotatable bonds is 8. The van der Waals surface area contributed by atoms with E-state index < -0.39 is 23.2 Å². The van der Waals surface area contributed by atoms with Gasteiger partial charge < -0.3 is 10.3 Å². The summed E-state index contributed by atoms with van der Waals surface area (Å²) in [5, 5.41) is 0. The number of nitrogens with zero attached hydrogens (tertiary/aromatic N) is 2. The van der Waals surface area contributed by atoms with Gasteiger partial charge in [0, 0.05) is 12.0 Å². The fraction of sp³-hybridized carbons (Fsp3) is 0.250. The molecule has 0 aliphatic rings. The average molecular weight is 300 g/mol. The monoisotopic (exact) mass is 300 g/mol. The third-order valence-corrected chi connectivity index (χ3v) is 2.97. The van der Waals surface area contributed by atoms with E-state index in [1.54, 1.807) is 12.1 Å². The largest absolute Gasteiger partial charge is 0.465 e. The summed E-state index contributed by atoms with van der Waals surface area (Å²) in [6.07, 6.45) is 2.81. The Kier molecular flexibility index (Phi) is 6.60. The third-order valence-electron chi connectivity index (χ3n) is 2.97. The lowest BCUT2D eigenvalue weighted by atomic mass is 9.97. The van der Waals surface area contributed by atoms with Crippen molar-refractivity contribution in [2.75, 3.05) is 7.11 Å². The van der Waals surface area contributed by atoms with Crippen LogP contribution in [-0.4, -0.2) is 35.1 Å². The van der Waals surface area contributed by atoms with E-state index in [1.807, 2.05) is 0 Å². The lowest BCUT2D eigenvalue weighted by Crippen LogP contribution is -2.27. The van der Waals surface area contributed by atoms with Crippen molar-refractivity contribution in [2.45, 2.75) is 19.3 Å². The van der Waals surface area contributed by atoms with Gasteiger partial charge >= 0.3 is 11.7 Å². The summed E-state index contributed by atoms with van der Waals surface area (Å²) < 4.78 is 4.59. The van der Waals surface area contributed by atoms with E-state index in [9.17, 15) is 14.4 Å². The lowest BCUT2D eigenvalue weighted by Gasteiger charge is -2.04. The minimum atomic E-state index is -0.813. The highest BCUT2D eigenvalue weighted by Crippen LogP contribution is 2.12. The number of hydrogen-bond donors (Lipinski definition) is 0. The third kappa shape index (κ3) is 4.07. The van der Waals surface area contributed by atoms with Crippen molar-refractivity contribution in [3.05, 3.63) is 53.6 Å². The van der Waals surface area contributed by atoms with Gasteiger partial charge in [-0.2, -0.15) is 4.79 Å². The molecular weight excluding hydrogens is 284 g/mol. The molecule has 6 heteroatoms. The molecule has 0 fully saturated rings. The smallest absolute Gasteiger partial charge is 0.405 e. The Bertz CT molecular complexity index is 658. The number of carbonyl (C=O) groups excluding carboxylic acids is 3. The highest BCUT2D eigenvalue weighted by molar-refractivity contribution is 6.67. The van der Waals surface area contributed by atoms with Crippen molar-refractivity contribution in [3.63, 3.8) is 0 Å². The molecule has 0 N–H and O–H groups in total. The van der Waals surface area contributed by atoms with Gasteiger partial charge in [0.15, 0.2) is 0 Å². The summed E-state index contributed by atoms with van der Waals surface area (Å²) in [5.41, 5.74) is 8.35. The van der Waals surface area contributed by atoms with Crippen LogP contribution in [0.15, 0.2) is 36.9 Å². The maximum Gasteiger partial charge on any atom is 0.405 e. The van der Waals surface area contributed by atoms with Crippen LogP contribution >= 0.6 is 0 Å². The molecule has 1 aromatic rings. The van der Waals surface area contributed by atoms with Gasteiger partial charge in [0.05, 0.1) is 12.7 Å². The Morgan fingerprint density at radius 2 is 1.91 bits per heavy atom. The molecule has 0 atom stereocenters. The molecule has 0 unspecified atom stereocenters. The molecule has 22 heavy (non-hydrogen) atoms. The van der Waals surface area contributed by atoms with Crippen molar-refractivity contribution in [3.8, 4) is 0 Å². The second-order valence-corrected chi connectivity index (χ2v) is 4.42. The molecule has 0 aliphatic carbocycles. The minimum absolute atomic E-state index is 0.00930. The molecular formula is C16H16N2O4. The maximum atomic E-state index is 12.4. The normalized spacial score (nSPS) is 9.50. The van der Waals surface area contributed by atoms with Crippen LogP contribution in [0.3, 0.4) is 0 Å². The fourth-order valence-corrected chi connectivity index (χ4v) is 1.85. The van der Waals surface area contributed by atoms with Crippen LogP contribution in [0.1, 0.15) is 40.0 Å². The van der Waals surface area contributed by atoms with Crippen LogP contribution in [0, 0.1) is 0 Å². The van der Waals surface area contributed by atoms with Gasteiger partial charge in [0.25, 0.3) is 5.78 Å². The standard InChI is InChI=1S/C16H16N2O4/c1-3-4-5-10-13(19)14(18-17)15(20)11-8-6-7-9-12(11)16(21)22-2/h3,6-9H,1,4-5,10H2,2H3. The first-order valence-corrected chi connectivity index (χ1v) is 6.65. The number of ketones is 2. The Hall–Kier alpha value is -2.85. The number of unbranched alkanes of at least 4 members (excludes halogenated alkanes) is 1. The molecule has 0 saturated heterocycles. The molecule has 0 aromatic heterocycles. The van der Waals surface area contributed by atoms with Gasteiger partial charge in [-0.3, -0.25) is 9.59 Å². The molecule has 0 amide bonds. The van der Waals surface area contributed by atoms with Crippen molar-refractivity contribution < 1.29 is 23.9 Å². The predicted octanol–water partition coefficient (Wildman–Crippen LogP) is 2.25. The van der Waals surface area contributed by atoms with E-state index in [1.165, 1.54) is 25.3 Å². The minimum Gasteiger partial charge on any atom is -0.465 e. The molecule has 0 radical (unpaired) electrons. The number of esters is 1. The molecule has 0 heterocycles. The second-order valence-electron chi connectivity index (χ2n) is 4.42. The van der Waals surface area contributed by atoms with Crippen LogP contribution < -0.4 is 0 Å². The Balaban J connectivity index is 3.08. The number of methoxy groups -OCH3 is 1. The zero-order chi connectivity index (χ0) is 16.5. The van der Waals surface area contributed by atoms with E-state index >= 15 is 0 Å². The highest BCUT2D eigenvalue weighted by atomic mass is 16.5. The lowest BCUT2D eigenvalue weighted by molar-refractivity contribution is -0.117. The molecule has 0 saturated carbocycles. The summed E-state index contributed by atoms with van der Waals surface area (Å²) in [7, 11) is 1.19. The van der Waals surface area contributed by atoms with Gasteiger partial charge in [-0.05, 0) is 25.0 Å². The zero-order valence-corrected chi connectivity index (χ0v) is 12.2. The van der Waals surface area contributed by atoms with Crippen molar-refractivity contribution in [1.29, 1.82) is 0 Å². The van der Waals surface area contributed by atoms with Crippen LogP contribution in [-0.2, 0) is 9.53 Å². The Morgan fingerprint density at radius 1 is 1.27 bits per heavy atom. The van der Waals surface area contributed by atoms with E-state index in [2.05, 4.69) is 16.1 Å². The SMILES string of the molecule is C=CCCCC(=O)C(=[N+]=[N-])C(=O)c1ccccc1C(=O)OC. The number of allylic oxidation sites excluding steroid dienone is 1. The van der Waals surface area contributed by atoms with Crippen LogP contribution in [0.4, 0.5) is 0 Å². The zero-order valence-electron chi connectivity index (χ0n) is 12.2. The first kappa shape index (κ1) is 17.2. The second kappa shape index (κ2) is 8.44. The van der Waals surface area contributed by atoms with Crippen molar-refractivity contribution >= 4 is 23.2 Å². The van der Waals surface area contributed by atoms with E-state index in [0.717, 1.165) is 0 Å². The van der Waals surface area contributed by atoms with E-state index in [-0.39, 0.29) is 17.5 Å². The van der Waals surface area contributed by atoms with Crippen LogP contribution in [0.25, 0.3) is 5.53 Å². The van der Waals surface area contributed by atoms with Crippen LogP contribution in [0.5, 0.6) is 0 Å². The van der Waals surface area contributed by atoms with E-state index in [4.69, 9.17) is 5.53 Å². The van der Waals surface area contributed by atoms with Crippen LogP contribution in [0.2, 0.25) is 0 Å². The molecule has 1 rings (SSSR count). The fourth-order valence-electron chi connectivity index (χ4n) is 1.85. The average Bonchev–Trinajstić information content (AvgIpc) is 2.55. The number of hydrogen-bond acceptors (Lipinski definition) is 4. The quantitative estimate of drug-likeness (QED) is 0.107. The number of carbonyl (C=O) groups is 3. The molecule has 0 bridgehead atoms. The molecule has 114 valence electrons. The Labute approximate surface area is 128 Å². The predicted molar refractivity (Wildman–Crippen MR) is 79.8 cm³/mol. The number of ether oxygens (including phenoxy) is 1. The molecule has 0 spiro atoms. The topological polar surface area (TPSA) is 96.8 Å². The molecule has 6 nitrogen and oxygen atoms in total. The maximum absolute atomic E-state index is 12.4. The van der Waals surface area contributed by atoms with Gasteiger partial charge in [-0.25, -0.2) is 4.79 Å². The highest BCUT2D eigenvalue weighted by Gasteiger charge is 2.32. The molecule has 1 aromatic carbocycles. The summed E-state index contributed by atoms with van der Waals surface area (Å²) in [5.74, 6) is -2.11. The van der Waals surface area contributed by atoms with Gasteiger partial charge in [0.1, 0.15) is 0 Å². The number of Topliss-reactive ketones (excluding diaryl/α,β-unsaturated/α-hetero) is 2. The summed E-state index contributed by atoms with van der Waals surface area (Å²) in [4.78, 5) is 38.8. The summed E-state index contributed by atoms with van der Waals surface area (Å²) in [6.45, 7) is 3.54. The Morgan fingerprint density at radius 3 is 2.45 bits per heavy atom. The van der Waals surface area contributed by atoms with E-state index in [0.29, 0.717) is 12.8 Å². The summed E-state index contributed by atoms with van der Waals surface area (Å²) >= 11 is 0. The van der Waals surface area contributed by atoms with Crippen molar-refractivity contribution in [2.24, 2.45) is 0 Å². The van der Waals surface area contributed by atoms with Gasteiger partial charge in [0.2, 0.25) is 5.78 Å². The number of benzene rings is 1. The molecule has 0 aliphatic heterocycles. The first-order valence-electron chi connectivity index (χ1n) is 6.65. The van der Waals surface area contributed by atoms with Gasteiger partial charge in [-0.1, -0.05) is 18.2 Å². The first-order chi connectivity index (χ1) is 10.6. The van der Waals surface area contributed by atoms with Crippen molar-refractivity contribution in [1.82, 2.24) is 0 Å². The summed E-state index contributed by atoms with van der Waals surface area (Å²) in [6, 6.07) is 5.87. The van der Waals surface area contributed by atoms with Gasteiger partial charge in [-0.15, -0.1) is 6.58 Å².